The number of benzene rings is 3. The summed E-state index contributed by atoms with van der Waals surface area (Å²) >= 11 is 3.60. The van der Waals surface area contributed by atoms with Crippen LogP contribution in [-0.2, 0) is 0 Å². The highest BCUT2D eigenvalue weighted by molar-refractivity contribution is 7.20. The average molecular weight is 507 g/mol. The second-order valence-corrected chi connectivity index (χ2v) is 12.0. The first kappa shape index (κ1) is 24.9. The highest BCUT2D eigenvalue weighted by Crippen LogP contribution is 2.35. The van der Waals surface area contributed by atoms with Crippen LogP contribution < -0.4 is 0 Å². The number of hydrogen-bond acceptors (Lipinski definition) is 2. The van der Waals surface area contributed by atoms with E-state index in [0.29, 0.717) is 0 Å². The van der Waals surface area contributed by atoms with Crippen molar-refractivity contribution in [1.82, 2.24) is 0 Å². The Kier molecular flexibility index (Phi) is 8.28. The number of rotatable bonds is 9. The quantitative estimate of drug-likeness (QED) is 0.106. The van der Waals surface area contributed by atoms with Crippen LogP contribution in [0.2, 0.25) is 0 Å². The van der Waals surface area contributed by atoms with E-state index in [0.717, 1.165) is 11.3 Å². The number of thiophene rings is 2. The molecule has 0 nitrogen and oxygen atoms in total. The maximum Gasteiger partial charge on any atom is 0.0781 e. The second-order valence-electron chi connectivity index (χ2n) is 9.80. The molecule has 0 fully saturated rings. The van der Waals surface area contributed by atoms with Crippen molar-refractivity contribution in [3.8, 4) is 23.7 Å². The highest BCUT2D eigenvalue weighted by atomic mass is 32.1. The van der Waals surface area contributed by atoms with Crippen LogP contribution in [0.5, 0.6) is 0 Å². The van der Waals surface area contributed by atoms with Gasteiger partial charge in [0.2, 0.25) is 0 Å². The summed E-state index contributed by atoms with van der Waals surface area (Å²) in [5.41, 5.74) is 0. The molecular weight excluding hydrogens is 473 g/mol. The Morgan fingerprint density at radius 1 is 0.528 bits per heavy atom. The number of unbranched alkanes of at least 4 members (excludes halogenated alkanes) is 9. The Balaban J connectivity index is 1.25. The average Bonchev–Trinajstić information content (AvgIpc) is 3.45. The summed E-state index contributed by atoms with van der Waals surface area (Å²) in [6, 6.07) is 18.4. The van der Waals surface area contributed by atoms with Gasteiger partial charge in [0.15, 0.2) is 0 Å². The van der Waals surface area contributed by atoms with Gasteiger partial charge >= 0.3 is 0 Å². The summed E-state index contributed by atoms with van der Waals surface area (Å²) in [5, 5.41) is 7.77. The van der Waals surface area contributed by atoms with Crippen molar-refractivity contribution in [2.24, 2.45) is 0 Å². The van der Waals surface area contributed by atoms with Gasteiger partial charge in [-0.05, 0) is 94.2 Å². The van der Waals surface area contributed by atoms with Crippen LogP contribution in [0.4, 0.5) is 0 Å². The van der Waals surface area contributed by atoms with Gasteiger partial charge in [0.1, 0.15) is 0 Å². The largest absolute Gasteiger partial charge is 0.127 e. The number of hydrogen-bond donors (Lipinski definition) is 0. The molecule has 5 rings (SSSR count). The van der Waals surface area contributed by atoms with Crippen LogP contribution in [-0.4, -0.2) is 0 Å². The van der Waals surface area contributed by atoms with Crippen molar-refractivity contribution in [2.75, 3.05) is 0 Å². The normalized spacial score (nSPS) is 11.2. The van der Waals surface area contributed by atoms with E-state index in [1.807, 2.05) is 18.3 Å². The maximum absolute atomic E-state index is 3.44. The summed E-state index contributed by atoms with van der Waals surface area (Å²) in [6.07, 6.45) is 13.3. The third-order valence-electron chi connectivity index (χ3n) is 6.93. The molecule has 0 N–H and O–H groups in total. The maximum atomic E-state index is 3.44. The van der Waals surface area contributed by atoms with E-state index < -0.39 is 0 Å². The lowest BCUT2D eigenvalue weighted by atomic mass is 10.0. The zero-order chi connectivity index (χ0) is 24.7. The molecule has 2 aromatic heterocycles. The third kappa shape index (κ3) is 5.95. The molecule has 5 aromatic rings. The van der Waals surface area contributed by atoms with Gasteiger partial charge in [-0.25, -0.2) is 0 Å². The van der Waals surface area contributed by atoms with Gasteiger partial charge in [0.25, 0.3) is 0 Å². The molecule has 0 aliphatic heterocycles. The summed E-state index contributed by atoms with van der Waals surface area (Å²) in [7, 11) is 0. The van der Waals surface area contributed by atoms with Gasteiger partial charge in [0, 0.05) is 15.8 Å². The van der Waals surface area contributed by atoms with Gasteiger partial charge in [-0.15, -0.1) is 28.6 Å². The van der Waals surface area contributed by atoms with Crippen molar-refractivity contribution >= 4 is 64.4 Å². The molecule has 0 aliphatic rings. The minimum absolute atomic E-state index is 1.01. The molecule has 3 aromatic carbocycles. The molecular formula is C34H34S2. The Morgan fingerprint density at radius 2 is 1.00 bits per heavy atom. The van der Waals surface area contributed by atoms with Gasteiger partial charge in [-0.2, -0.15) is 0 Å². The molecule has 36 heavy (non-hydrogen) atoms. The van der Waals surface area contributed by atoms with Crippen LogP contribution >= 0.6 is 22.7 Å². The molecule has 182 valence electrons. The standard InChI is InChI=1S/C34H34S2/c1-3-5-6-7-8-9-10-11-12-13-14-16-32-22-30-20-26-18-27-23-33-29(21-31(35-33)15-4-2)19-25(27)17-28(26)24-34(30)36-32/h17-24H,3,5-13H2,1-2H3. The molecule has 0 aliphatic carbocycles. The van der Waals surface area contributed by atoms with Crippen LogP contribution in [0.3, 0.4) is 0 Å². The van der Waals surface area contributed by atoms with E-state index in [2.05, 4.69) is 79.1 Å². The van der Waals surface area contributed by atoms with E-state index in [9.17, 15) is 0 Å². The predicted octanol–water partition coefficient (Wildman–Crippen LogP) is 11.1. The van der Waals surface area contributed by atoms with Gasteiger partial charge in [-0.3, -0.25) is 0 Å². The lowest BCUT2D eigenvalue weighted by molar-refractivity contribution is 0.567. The van der Waals surface area contributed by atoms with E-state index in [1.54, 1.807) is 11.3 Å². The van der Waals surface area contributed by atoms with E-state index in [4.69, 9.17) is 0 Å². The summed E-state index contributed by atoms with van der Waals surface area (Å²) in [5.74, 6) is 13.1. The van der Waals surface area contributed by atoms with E-state index in [1.165, 1.54) is 104 Å². The molecule has 0 saturated carbocycles. The Hall–Kier alpha value is -2.78. The molecule has 2 heterocycles. The van der Waals surface area contributed by atoms with Crippen LogP contribution in [0.1, 0.15) is 87.8 Å². The fourth-order valence-corrected chi connectivity index (χ4v) is 6.96. The van der Waals surface area contributed by atoms with E-state index >= 15 is 0 Å². The smallest absolute Gasteiger partial charge is 0.0781 e. The molecule has 0 bridgehead atoms. The zero-order valence-corrected chi connectivity index (χ0v) is 23.1. The molecule has 0 saturated heterocycles. The van der Waals surface area contributed by atoms with Crippen molar-refractivity contribution < 1.29 is 0 Å². The molecule has 0 amide bonds. The zero-order valence-electron chi connectivity index (χ0n) is 21.5. The summed E-state index contributed by atoms with van der Waals surface area (Å²) in [6.45, 7) is 4.18. The SMILES string of the molecule is CC#Cc1cc2cc3cc4cc5sc(C#CCCCCCCCCCCC)cc5cc4cc3cc2s1. The Bertz CT molecular complexity index is 1530. The fourth-order valence-electron chi connectivity index (χ4n) is 5.00. The van der Waals surface area contributed by atoms with Crippen molar-refractivity contribution in [3.63, 3.8) is 0 Å². The fraction of sp³-hybridized carbons (Fsp3) is 0.353. The Labute approximate surface area is 223 Å². The van der Waals surface area contributed by atoms with Crippen LogP contribution in [0.25, 0.3) is 41.7 Å². The second kappa shape index (κ2) is 12.0. The summed E-state index contributed by atoms with van der Waals surface area (Å²) in [4.78, 5) is 2.32. The molecule has 0 spiro atoms. The minimum Gasteiger partial charge on any atom is -0.127 e. The number of fused-ring (bicyclic) bond motifs is 4. The first-order valence-corrected chi connectivity index (χ1v) is 15.1. The first-order valence-electron chi connectivity index (χ1n) is 13.5. The molecule has 2 heteroatoms. The lowest BCUT2D eigenvalue weighted by Crippen LogP contribution is -1.80. The first-order chi connectivity index (χ1) is 17.7. The third-order valence-corrected chi connectivity index (χ3v) is 8.96. The summed E-state index contributed by atoms with van der Waals surface area (Å²) < 4.78 is 2.63. The van der Waals surface area contributed by atoms with Crippen molar-refractivity contribution in [2.45, 2.75) is 78.1 Å². The predicted molar refractivity (Wildman–Crippen MR) is 163 cm³/mol. The van der Waals surface area contributed by atoms with Crippen LogP contribution in [0.15, 0.2) is 48.5 Å². The topological polar surface area (TPSA) is 0 Å². The Morgan fingerprint density at radius 3 is 1.56 bits per heavy atom. The minimum atomic E-state index is 1.01. The van der Waals surface area contributed by atoms with Crippen molar-refractivity contribution in [3.05, 3.63) is 58.3 Å². The van der Waals surface area contributed by atoms with E-state index in [-0.39, 0.29) is 0 Å². The van der Waals surface area contributed by atoms with Crippen molar-refractivity contribution in [1.29, 1.82) is 0 Å². The van der Waals surface area contributed by atoms with Crippen LogP contribution in [0, 0.1) is 23.7 Å². The van der Waals surface area contributed by atoms with Gasteiger partial charge < -0.3 is 0 Å². The molecule has 0 atom stereocenters. The van der Waals surface area contributed by atoms with Gasteiger partial charge in [0.05, 0.1) is 9.75 Å². The lowest BCUT2D eigenvalue weighted by Gasteiger charge is -2.03. The molecule has 0 unspecified atom stereocenters. The monoisotopic (exact) mass is 506 g/mol. The van der Waals surface area contributed by atoms with Gasteiger partial charge in [-0.1, -0.05) is 76.1 Å². The molecule has 0 radical (unpaired) electrons. The highest BCUT2D eigenvalue weighted by Gasteiger charge is 2.07.